The summed E-state index contributed by atoms with van der Waals surface area (Å²) in [6.07, 6.45) is -2.81. The molecule has 226 valence electrons. The van der Waals surface area contributed by atoms with Crippen molar-refractivity contribution in [3.63, 3.8) is 0 Å². The van der Waals surface area contributed by atoms with Gasteiger partial charge in [-0.25, -0.2) is 0 Å². The maximum atomic E-state index is 13.7. The minimum absolute atomic E-state index is 0.171. The molecule has 4 saturated carbocycles. The molecule has 1 N–H and O–H groups in total. The molecule has 0 spiro atoms. The van der Waals surface area contributed by atoms with Crippen molar-refractivity contribution in [1.29, 1.82) is 0 Å². The molecule has 14 heteroatoms. The zero-order chi connectivity index (χ0) is 29.8. The first-order valence-corrected chi connectivity index (χ1v) is 13.4. The van der Waals surface area contributed by atoms with Crippen LogP contribution in [0.3, 0.4) is 0 Å². The number of aromatic nitrogens is 2. The first-order chi connectivity index (χ1) is 19.0. The molecule has 1 aromatic carbocycles. The van der Waals surface area contributed by atoms with Crippen LogP contribution in [0.25, 0.3) is 0 Å². The predicted octanol–water partition coefficient (Wildman–Crippen LogP) is 6.50. The van der Waals surface area contributed by atoms with Gasteiger partial charge in [-0.15, -0.1) is 0 Å². The summed E-state index contributed by atoms with van der Waals surface area (Å²) in [4.78, 5) is 18.9. The average molecular weight is 594 g/mol. The molecular weight excluding hydrogens is 563 g/mol. The van der Waals surface area contributed by atoms with Crippen molar-refractivity contribution in [2.45, 2.75) is 94.4 Å². The van der Waals surface area contributed by atoms with Gasteiger partial charge in [-0.1, -0.05) is 11.2 Å². The minimum Gasteiger partial charge on any atom is -0.435 e. The highest BCUT2D eigenvalue weighted by Gasteiger charge is 2.61. The van der Waals surface area contributed by atoms with Crippen LogP contribution in [0, 0.1) is 11.3 Å². The molecule has 2 bridgehead atoms. The van der Waals surface area contributed by atoms with Gasteiger partial charge in [0.05, 0.1) is 0 Å². The average Bonchev–Trinajstić information content (AvgIpc) is 3.39. The lowest BCUT2D eigenvalue weighted by atomic mass is 9.53. The number of hydrogen-bond acceptors (Lipinski definition) is 6. The van der Waals surface area contributed by atoms with Gasteiger partial charge in [0.1, 0.15) is 5.75 Å². The Kier molecular flexibility index (Phi) is 7.31. The number of amides is 1. The van der Waals surface area contributed by atoms with Crippen LogP contribution >= 0.6 is 0 Å². The number of aliphatic hydroxyl groups is 1. The third-order valence-electron chi connectivity index (χ3n) is 9.07. The fourth-order valence-corrected chi connectivity index (χ4v) is 6.57. The minimum atomic E-state index is -4.80. The summed E-state index contributed by atoms with van der Waals surface area (Å²) in [5.74, 6) is -5.14. The molecular formula is C27H30F7N3O4. The third kappa shape index (κ3) is 5.76. The van der Waals surface area contributed by atoms with Crippen LogP contribution in [0.4, 0.5) is 36.4 Å². The van der Waals surface area contributed by atoms with Crippen LogP contribution in [0.2, 0.25) is 0 Å². The number of fused-ring (bicyclic) bond motifs is 3. The summed E-state index contributed by atoms with van der Waals surface area (Å²) in [7, 11) is 0. The Labute approximate surface area is 231 Å². The quantitative estimate of drug-likeness (QED) is 0.334. The number of hydrogen-bond donors (Lipinski definition) is 1. The maximum Gasteiger partial charge on any atom is 0.417 e. The molecule has 4 aliphatic rings. The number of ether oxygens (including phenoxy) is 1. The van der Waals surface area contributed by atoms with Crippen molar-refractivity contribution in [1.82, 2.24) is 10.1 Å². The van der Waals surface area contributed by atoms with Gasteiger partial charge in [-0.3, -0.25) is 4.79 Å². The van der Waals surface area contributed by atoms with E-state index >= 15 is 0 Å². The number of carbonyl (C=O) groups excluding carboxylic acids is 1. The summed E-state index contributed by atoms with van der Waals surface area (Å²) in [6, 6.07) is 5.58. The summed E-state index contributed by atoms with van der Waals surface area (Å²) in [5.41, 5.74) is -3.49. The van der Waals surface area contributed by atoms with Crippen LogP contribution in [-0.2, 0) is 16.1 Å². The molecule has 2 aromatic rings. The van der Waals surface area contributed by atoms with Crippen molar-refractivity contribution in [2.24, 2.45) is 11.3 Å². The van der Waals surface area contributed by atoms with Crippen molar-refractivity contribution in [3.05, 3.63) is 36.0 Å². The lowest BCUT2D eigenvalue weighted by Gasteiger charge is -2.53. The molecule has 0 saturated heterocycles. The van der Waals surface area contributed by atoms with E-state index in [9.17, 15) is 40.6 Å². The first-order valence-electron chi connectivity index (χ1n) is 13.4. The van der Waals surface area contributed by atoms with Crippen molar-refractivity contribution in [2.75, 3.05) is 11.4 Å². The largest absolute Gasteiger partial charge is 0.435 e. The molecule has 1 heterocycles. The van der Waals surface area contributed by atoms with E-state index in [4.69, 9.17) is 4.52 Å². The molecule has 1 amide bonds. The Morgan fingerprint density at radius 2 is 1.76 bits per heavy atom. The SMILES string of the molecule is CC(F)(F)c1nc(C23CCC(CN(C(=O)CC4CC(O)(C(F)(F)F)C4)c4cccc(OC(F)F)c4)(CC2)CC3)no1. The topological polar surface area (TPSA) is 88.7 Å². The molecule has 4 fully saturated rings. The molecule has 1 aromatic heterocycles. The molecule has 0 atom stereocenters. The van der Waals surface area contributed by atoms with E-state index in [1.807, 2.05) is 0 Å². The van der Waals surface area contributed by atoms with Gasteiger partial charge in [0.25, 0.3) is 5.89 Å². The zero-order valence-corrected chi connectivity index (χ0v) is 22.2. The summed E-state index contributed by atoms with van der Waals surface area (Å²) in [6.45, 7) is -2.23. The van der Waals surface area contributed by atoms with Crippen LogP contribution in [0.1, 0.15) is 76.4 Å². The fourth-order valence-electron chi connectivity index (χ4n) is 6.57. The Hall–Kier alpha value is -2.90. The normalized spacial score (nSPS) is 29.9. The van der Waals surface area contributed by atoms with E-state index in [1.54, 1.807) is 6.07 Å². The number of benzene rings is 1. The van der Waals surface area contributed by atoms with Crippen molar-refractivity contribution < 1.29 is 49.9 Å². The number of nitrogens with zero attached hydrogens (tertiary/aromatic N) is 3. The number of halogens is 7. The smallest absolute Gasteiger partial charge is 0.417 e. The van der Waals surface area contributed by atoms with E-state index in [2.05, 4.69) is 14.9 Å². The number of alkyl halides is 7. The summed E-state index contributed by atoms with van der Waals surface area (Å²) in [5, 5.41) is 13.7. The van der Waals surface area contributed by atoms with Gasteiger partial charge in [0.2, 0.25) is 5.91 Å². The van der Waals surface area contributed by atoms with E-state index in [0.717, 1.165) is 0 Å². The van der Waals surface area contributed by atoms with Crippen molar-refractivity contribution >= 4 is 11.6 Å². The zero-order valence-electron chi connectivity index (χ0n) is 22.2. The lowest BCUT2D eigenvalue weighted by Crippen LogP contribution is -2.56. The van der Waals surface area contributed by atoms with Gasteiger partial charge in [0.15, 0.2) is 11.4 Å². The number of rotatable bonds is 9. The number of anilines is 1. The highest BCUT2D eigenvalue weighted by atomic mass is 19.4. The Morgan fingerprint density at radius 1 is 1.12 bits per heavy atom. The molecule has 0 radical (unpaired) electrons. The Bertz CT molecular complexity index is 1250. The monoisotopic (exact) mass is 593 g/mol. The highest BCUT2D eigenvalue weighted by molar-refractivity contribution is 5.94. The summed E-state index contributed by atoms with van der Waals surface area (Å²) >= 11 is 0. The van der Waals surface area contributed by atoms with Gasteiger partial charge >= 0.3 is 18.7 Å². The van der Waals surface area contributed by atoms with Gasteiger partial charge in [-0.05, 0) is 74.8 Å². The number of carbonyl (C=O) groups is 1. The third-order valence-corrected chi connectivity index (χ3v) is 9.07. The lowest BCUT2D eigenvalue weighted by molar-refractivity contribution is -0.298. The van der Waals surface area contributed by atoms with E-state index in [1.165, 1.54) is 23.1 Å². The molecule has 7 nitrogen and oxygen atoms in total. The van der Waals surface area contributed by atoms with Crippen molar-refractivity contribution in [3.8, 4) is 5.75 Å². The van der Waals surface area contributed by atoms with Gasteiger partial charge in [-0.2, -0.15) is 35.7 Å². The van der Waals surface area contributed by atoms with Crippen LogP contribution < -0.4 is 9.64 Å². The van der Waals surface area contributed by atoms with Crippen LogP contribution in [0.15, 0.2) is 28.8 Å². The highest BCUT2D eigenvalue weighted by Crippen LogP contribution is 2.58. The van der Waals surface area contributed by atoms with Crippen LogP contribution in [-0.4, -0.2) is 46.1 Å². The second-order valence-corrected chi connectivity index (χ2v) is 12.0. The molecule has 0 unspecified atom stereocenters. The van der Waals surface area contributed by atoms with Crippen LogP contribution in [0.5, 0.6) is 5.75 Å². The van der Waals surface area contributed by atoms with Gasteiger partial charge < -0.3 is 19.3 Å². The fraction of sp³-hybridized carbons (Fsp3) is 0.667. The second-order valence-electron chi connectivity index (χ2n) is 12.0. The predicted molar refractivity (Wildman–Crippen MR) is 129 cm³/mol. The molecule has 6 rings (SSSR count). The van der Waals surface area contributed by atoms with E-state index in [0.29, 0.717) is 45.4 Å². The molecule has 0 aliphatic heterocycles. The van der Waals surface area contributed by atoms with E-state index < -0.39 is 65.7 Å². The van der Waals surface area contributed by atoms with Gasteiger partial charge in [0, 0.05) is 37.1 Å². The molecule has 41 heavy (non-hydrogen) atoms. The molecule has 4 aliphatic carbocycles. The Balaban J connectivity index is 1.34. The van der Waals surface area contributed by atoms with E-state index in [-0.39, 0.29) is 30.2 Å². The first kappa shape index (κ1) is 29.6. The standard InChI is InChI=1S/C27H30F7N3O4/c1-23(30,31)21-35-20(36-41-21)25-8-5-24(6-9-25,7-10-25)15-37(17-3-2-4-18(12-17)40-22(28)29)19(38)11-16-13-26(39,14-16)27(32,33)34/h2-4,12,16,22,39H,5-11,13-15H2,1H3. The Morgan fingerprint density at radius 3 is 2.29 bits per heavy atom. The maximum absolute atomic E-state index is 13.7. The second kappa shape index (κ2) is 10.1. The summed E-state index contributed by atoms with van der Waals surface area (Å²) < 4.78 is 102.